The van der Waals surface area contributed by atoms with Crippen LogP contribution in [0.4, 0.5) is 4.39 Å². The first kappa shape index (κ1) is 20.2. The Hall–Kier alpha value is -2.56. The molecule has 0 aliphatic heterocycles. The maximum atomic E-state index is 13.0. The summed E-state index contributed by atoms with van der Waals surface area (Å²) in [6, 6.07) is 20.0. The van der Waals surface area contributed by atoms with Crippen LogP contribution in [0, 0.1) is 5.82 Å². The van der Waals surface area contributed by atoms with Crippen molar-refractivity contribution in [3.8, 4) is 11.5 Å². The van der Waals surface area contributed by atoms with Gasteiger partial charge in [0.15, 0.2) is 11.5 Å². The van der Waals surface area contributed by atoms with Crippen LogP contribution in [0.1, 0.15) is 16.7 Å². The Kier molecular flexibility index (Phi) is 7.29. The summed E-state index contributed by atoms with van der Waals surface area (Å²) in [6.07, 6.45) is 0.822. The molecule has 0 radical (unpaired) electrons. The van der Waals surface area contributed by atoms with Gasteiger partial charge < -0.3 is 14.8 Å². The minimum absolute atomic E-state index is 0.213. The fraction of sp³-hybridized carbons (Fsp3) is 0.217. The third kappa shape index (κ3) is 5.72. The van der Waals surface area contributed by atoms with Crippen LogP contribution in [0.25, 0.3) is 0 Å². The smallest absolute Gasteiger partial charge is 0.166 e. The molecule has 3 nitrogen and oxygen atoms in total. The molecule has 0 aromatic heterocycles. The summed E-state index contributed by atoms with van der Waals surface area (Å²) < 4.78 is 24.5. The van der Waals surface area contributed by atoms with E-state index in [-0.39, 0.29) is 5.82 Å². The van der Waals surface area contributed by atoms with E-state index in [2.05, 4.69) is 5.32 Å². The van der Waals surface area contributed by atoms with E-state index in [1.54, 1.807) is 7.11 Å². The molecule has 0 heterocycles. The number of rotatable bonds is 9. The van der Waals surface area contributed by atoms with E-state index in [4.69, 9.17) is 21.1 Å². The summed E-state index contributed by atoms with van der Waals surface area (Å²) in [6.45, 7) is 1.82. The van der Waals surface area contributed by atoms with Crippen molar-refractivity contribution in [3.05, 3.63) is 94.3 Å². The van der Waals surface area contributed by atoms with Crippen molar-refractivity contribution in [2.45, 2.75) is 19.6 Å². The number of methoxy groups -OCH3 is 1. The van der Waals surface area contributed by atoms with Crippen LogP contribution in [0.5, 0.6) is 11.5 Å². The third-order valence-electron chi connectivity index (χ3n) is 4.37. The first-order chi connectivity index (χ1) is 13.7. The molecule has 0 saturated carbocycles. The summed E-state index contributed by atoms with van der Waals surface area (Å²) in [5, 5.41) is 4.10. The number of halogens is 2. The van der Waals surface area contributed by atoms with Crippen molar-refractivity contribution in [1.82, 2.24) is 5.32 Å². The molecule has 3 aromatic carbocycles. The van der Waals surface area contributed by atoms with Crippen molar-refractivity contribution >= 4 is 11.6 Å². The highest BCUT2D eigenvalue weighted by Gasteiger charge is 2.11. The van der Waals surface area contributed by atoms with Crippen molar-refractivity contribution in [3.63, 3.8) is 0 Å². The van der Waals surface area contributed by atoms with E-state index < -0.39 is 0 Å². The number of ether oxygens (including phenoxy) is 2. The van der Waals surface area contributed by atoms with Gasteiger partial charge in [0.1, 0.15) is 12.4 Å². The second-order valence-corrected chi connectivity index (χ2v) is 6.86. The molecule has 0 bridgehead atoms. The molecule has 28 heavy (non-hydrogen) atoms. The molecular formula is C23H23ClFNO2. The van der Waals surface area contributed by atoms with Crippen molar-refractivity contribution in [2.75, 3.05) is 13.7 Å². The third-order valence-corrected chi connectivity index (χ3v) is 4.61. The molecule has 0 aliphatic rings. The van der Waals surface area contributed by atoms with Gasteiger partial charge in [-0.25, -0.2) is 4.39 Å². The van der Waals surface area contributed by atoms with Gasteiger partial charge in [-0.15, -0.1) is 0 Å². The van der Waals surface area contributed by atoms with Gasteiger partial charge in [0.05, 0.1) is 7.11 Å². The minimum atomic E-state index is -0.213. The molecule has 0 atom stereocenters. The maximum absolute atomic E-state index is 13.0. The van der Waals surface area contributed by atoms with Crippen LogP contribution < -0.4 is 14.8 Å². The molecule has 0 unspecified atom stereocenters. The molecule has 0 spiro atoms. The predicted octanol–water partition coefficient (Wildman–Crippen LogP) is 5.40. The fourth-order valence-electron chi connectivity index (χ4n) is 2.91. The lowest BCUT2D eigenvalue weighted by atomic mass is 10.1. The van der Waals surface area contributed by atoms with Crippen LogP contribution >= 0.6 is 11.6 Å². The van der Waals surface area contributed by atoms with E-state index >= 15 is 0 Å². The Morgan fingerprint density at radius 3 is 2.50 bits per heavy atom. The van der Waals surface area contributed by atoms with Gasteiger partial charge in [-0.3, -0.25) is 0 Å². The Morgan fingerprint density at radius 2 is 1.75 bits per heavy atom. The van der Waals surface area contributed by atoms with E-state index in [1.165, 1.54) is 12.1 Å². The van der Waals surface area contributed by atoms with Gasteiger partial charge in [-0.2, -0.15) is 0 Å². The van der Waals surface area contributed by atoms with Crippen LogP contribution in [0.15, 0.2) is 66.7 Å². The zero-order valence-corrected chi connectivity index (χ0v) is 16.5. The largest absolute Gasteiger partial charge is 0.493 e. The van der Waals surface area contributed by atoms with Crippen LogP contribution in [-0.4, -0.2) is 13.7 Å². The number of para-hydroxylation sites is 1. The standard InChI is InChI=1S/C23H23ClFNO2/c1-27-22-7-3-5-19(15-26-13-12-17-8-10-21(25)11-9-17)23(22)28-16-18-4-2-6-20(24)14-18/h2-11,14,26H,12-13,15-16H2,1H3. The molecule has 3 aromatic rings. The molecular weight excluding hydrogens is 377 g/mol. The van der Waals surface area contributed by atoms with Crippen molar-refractivity contribution < 1.29 is 13.9 Å². The second kappa shape index (κ2) is 10.1. The number of benzene rings is 3. The topological polar surface area (TPSA) is 30.5 Å². The summed E-state index contributed by atoms with van der Waals surface area (Å²) in [7, 11) is 1.63. The highest BCUT2D eigenvalue weighted by atomic mass is 35.5. The normalized spacial score (nSPS) is 10.7. The number of hydrogen-bond acceptors (Lipinski definition) is 3. The van der Waals surface area contributed by atoms with Gasteiger partial charge in [0.25, 0.3) is 0 Å². The quantitative estimate of drug-likeness (QED) is 0.489. The Morgan fingerprint density at radius 1 is 0.964 bits per heavy atom. The van der Waals surface area contributed by atoms with Crippen LogP contribution in [0.2, 0.25) is 5.02 Å². The van der Waals surface area contributed by atoms with Gasteiger partial charge in [0.2, 0.25) is 0 Å². The highest BCUT2D eigenvalue weighted by molar-refractivity contribution is 6.30. The van der Waals surface area contributed by atoms with Crippen molar-refractivity contribution in [1.29, 1.82) is 0 Å². The Bertz CT molecular complexity index is 899. The Balaban J connectivity index is 1.61. The first-order valence-corrected chi connectivity index (χ1v) is 9.52. The van der Waals surface area contributed by atoms with E-state index in [9.17, 15) is 4.39 Å². The highest BCUT2D eigenvalue weighted by Crippen LogP contribution is 2.32. The van der Waals surface area contributed by atoms with E-state index in [1.807, 2.05) is 54.6 Å². The zero-order valence-electron chi connectivity index (χ0n) is 15.8. The molecule has 0 aliphatic carbocycles. The molecule has 1 N–H and O–H groups in total. The maximum Gasteiger partial charge on any atom is 0.166 e. The second-order valence-electron chi connectivity index (χ2n) is 6.42. The molecule has 0 saturated heterocycles. The Labute approximate surface area is 170 Å². The van der Waals surface area contributed by atoms with Gasteiger partial charge >= 0.3 is 0 Å². The average molecular weight is 400 g/mol. The average Bonchev–Trinajstić information content (AvgIpc) is 2.71. The lowest BCUT2D eigenvalue weighted by Crippen LogP contribution is -2.17. The predicted molar refractivity (Wildman–Crippen MR) is 111 cm³/mol. The summed E-state index contributed by atoms with van der Waals surface area (Å²) in [5.41, 5.74) is 3.10. The molecule has 5 heteroatoms. The molecule has 0 fully saturated rings. The van der Waals surface area contributed by atoms with Crippen LogP contribution in [0.3, 0.4) is 0 Å². The minimum Gasteiger partial charge on any atom is -0.493 e. The number of nitrogens with one attached hydrogen (secondary N) is 1. The molecule has 0 amide bonds. The summed E-state index contributed by atoms with van der Waals surface area (Å²) in [4.78, 5) is 0. The first-order valence-electron chi connectivity index (χ1n) is 9.14. The summed E-state index contributed by atoms with van der Waals surface area (Å²) >= 11 is 6.05. The SMILES string of the molecule is COc1cccc(CNCCc2ccc(F)cc2)c1OCc1cccc(Cl)c1. The lowest BCUT2D eigenvalue weighted by molar-refractivity contribution is 0.280. The van der Waals surface area contributed by atoms with Crippen molar-refractivity contribution in [2.24, 2.45) is 0 Å². The van der Waals surface area contributed by atoms with E-state index in [0.29, 0.717) is 23.9 Å². The van der Waals surface area contributed by atoms with E-state index in [0.717, 1.165) is 35.4 Å². The zero-order chi connectivity index (χ0) is 19.8. The van der Waals surface area contributed by atoms with Gasteiger partial charge in [-0.1, -0.05) is 48.0 Å². The number of hydrogen-bond donors (Lipinski definition) is 1. The van der Waals surface area contributed by atoms with Gasteiger partial charge in [-0.05, 0) is 54.4 Å². The summed E-state index contributed by atoms with van der Waals surface area (Å²) in [5.74, 6) is 1.20. The van der Waals surface area contributed by atoms with Gasteiger partial charge in [0, 0.05) is 17.1 Å². The molecule has 146 valence electrons. The van der Waals surface area contributed by atoms with Crippen LogP contribution in [-0.2, 0) is 19.6 Å². The molecule has 3 rings (SSSR count). The monoisotopic (exact) mass is 399 g/mol. The lowest BCUT2D eigenvalue weighted by Gasteiger charge is -2.16. The fourth-order valence-corrected chi connectivity index (χ4v) is 3.13.